The lowest BCUT2D eigenvalue weighted by Crippen LogP contribution is -2.47. The van der Waals surface area contributed by atoms with Crippen molar-refractivity contribution in [2.75, 3.05) is 51.3 Å². The Labute approximate surface area is 188 Å². The first-order valence-electron chi connectivity index (χ1n) is 10.5. The first-order chi connectivity index (χ1) is 15.1. The summed E-state index contributed by atoms with van der Waals surface area (Å²) < 4.78 is 5.25. The largest absolute Gasteiger partial charge is 0.496 e. The SMILES string of the molecule is COc1ccccc1CNC(=O)C(=O)NCCCN1CCN(c2ccc(Cl)cc2)CC1. The molecular formula is C23H29ClN4O3. The minimum Gasteiger partial charge on any atom is -0.496 e. The van der Waals surface area contributed by atoms with Crippen LogP contribution < -0.4 is 20.3 Å². The number of rotatable bonds is 8. The molecule has 1 heterocycles. The van der Waals surface area contributed by atoms with Gasteiger partial charge in [0.05, 0.1) is 7.11 Å². The molecule has 2 aromatic rings. The van der Waals surface area contributed by atoms with E-state index in [1.165, 1.54) is 5.69 Å². The summed E-state index contributed by atoms with van der Waals surface area (Å²) in [4.78, 5) is 28.7. The van der Waals surface area contributed by atoms with Crippen LogP contribution >= 0.6 is 11.6 Å². The van der Waals surface area contributed by atoms with Crippen molar-refractivity contribution in [1.82, 2.24) is 15.5 Å². The summed E-state index contributed by atoms with van der Waals surface area (Å²) in [5.74, 6) is -0.565. The van der Waals surface area contributed by atoms with Crippen molar-refractivity contribution in [3.8, 4) is 5.75 Å². The Kier molecular flexibility index (Phi) is 8.55. The number of nitrogens with zero attached hydrogens (tertiary/aromatic N) is 2. The monoisotopic (exact) mass is 444 g/mol. The molecule has 0 aromatic heterocycles. The molecule has 7 nitrogen and oxygen atoms in total. The van der Waals surface area contributed by atoms with E-state index in [0.717, 1.165) is 49.7 Å². The normalized spacial score (nSPS) is 14.2. The molecule has 0 bridgehead atoms. The molecule has 1 saturated heterocycles. The Morgan fingerprint density at radius 2 is 1.65 bits per heavy atom. The van der Waals surface area contributed by atoms with Gasteiger partial charge in [-0.1, -0.05) is 29.8 Å². The van der Waals surface area contributed by atoms with Crippen LogP contribution in [0.2, 0.25) is 5.02 Å². The van der Waals surface area contributed by atoms with E-state index in [1.54, 1.807) is 7.11 Å². The molecule has 1 aliphatic rings. The number of benzene rings is 2. The smallest absolute Gasteiger partial charge is 0.309 e. The highest BCUT2D eigenvalue weighted by Gasteiger charge is 2.17. The van der Waals surface area contributed by atoms with E-state index < -0.39 is 11.8 Å². The fourth-order valence-electron chi connectivity index (χ4n) is 3.57. The standard InChI is InChI=1S/C23H29ClN4O3/c1-31-21-6-3-2-5-18(21)17-26-23(30)22(29)25-11-4-12-27-13-15-28(16-14-27)20-9-7-19(24)8-10-20/h2-3,5-10H,4,11-17H2,1H3,(H,25,29)(H,26,30). The molecule has 2 amide bonds. The van der Waals surface area contributed by atoms with E-state index in [-0.39, 0.29) is 6.54 Å². The number of piperazine rings is 1. The predicted octanol–water partition coefficient (Wildman–Crippen LogP) is 2.29. The molecule has 3 rings (SSSR count). The maximum Gasteiger partial charge on any atom is 0.309 e. The Morgan fingerprint density at radius 3 is 2.35 bits per heavy atom. The number of para-hydroxylation sites is 1. The summed E-state index contributed by atoms with van der Waals surface area (Å²) in [6, 6.07) is 15.3. The molecule has 0 radical (unpaired) electrons. The maximum atomic E-state index is 12.0. The second-order valence-electron chi connectivity index (χ2n) is 7.41. The van der Waals surface area contributed by atoms with Gasteiger partial charge in [-0.25, -0.2) is 0 Å². The van der Waals surface area contributed by atoms with E-state index >= 15 is 0 Å². The molecular weight excluding hydrogens is 416 g/mol. The highest BCUT2D eigenvalue weighted by atomic mass is 35.5. The molecule has 0 atom stereocenters. The van der Waals surface area contributed by atoms with E-state index in [2.05, 4.69) is 20.4 Å². The van der Waals surface area contributed by atoms with Crippen molar-refractivity contribution < 1.29 is 14.3 Å². The lowest BCUT2D eigenvalue weighted by atomic mass is 10.2. The van der Waals surface area contributed by atoms with Crippen molar-refractivity contribution in [3.63, 3.8) is 0 Å². The van der Waals surface area contributed by atoms with Crippen LogP contribution in [0.4, 0.5) is 5.69 Å². The van der Waals surface area contributed by atoms with E-state index in [9.17, 15) is 9.59 Å². The summed E-state index contributed by atoms with van der Waals surface area (Å²) in [5.41, 5.74) is 2.01. The second kappa shape index (κ2) is 11.6. The quantitative estimate of drug-likeness (QED) is 0.482. The van der Waals surface area contributed by atoms with Gasteiger partial charge in [0, 0.05) is 55.5 Å². The zero-order valence-corrected chi connectivity index (χ0v) is 18.5. The fourth-order valence-corrected chi connectivity index (χ4v) is 3.70. The minimum absolute atomic E-state index is 0.244. The van der Waals surface area contributed by atoms with E-state index in [4.69, 9.17) is 16.3 Å². The first-order valence-corrected chi connectivity index (χ1v) is 10.9. The van der Waals surface area contributed by atoms with Gasteiger partial charge in [0.2, 0.25) is 0 Å². The van der Waals surface area contributed by atoms with E-state index in [1.807, 2.05) is 48.5 Å². The lowest BCUT2D eigenvalue weighted by molar-refractivity contribution is -0.139. The van der Waals surface area contributed by atoms with Crippen molar-refractivity contribution >= 4 is 29.1 Å². The van der Waals surface area contributed by atoms with Crippen molar-refractivity contribution in [2.45, 2.75) is 13.0 Å². The zero-order chi connectivity index (χ0) is 22.1. The number of nitrogens with one attached hydrogen (secondary N) is 2. The predicted molar refractivity (Wildman–Crippen MR) is 123 cm³/mol. The van der Waals surface area contributed by atoms with Crippen molar-refractivity contribution in [1.29, 1.82) is 0 Å². The first kappa shape index (κ1) is 22.9. The Balaban J connectivity index is 1.30. The number of halogens is 1. The average molecular weight is 445 g/mol. The van der Waals surface area contributed by atoms with E-state index in [0.29, 0.717) is 12.3 Å². The van der Waals surface area contributed by atoms with Crippen molar-refractivity contribution in [3.05, 3.63) is 59.1 Å². The van der Waals surface area contributed by atoms with Gasteiger partial charge < -0.3 is 20.3 Å². The number of methoxy groups -OCH3 is 1. The van der Waals surface area contributed by atoms with Crippen molar-refractivity contribution in [2.24, 2.45) is 0 Å². The molecule has 1 aliphatic heterocycles. The third-order valence-electron chi connectivity index (χ3n) is 5.34. The number of carbonyl (C=O) groups excluding carboxylic acids is 2. The summed E-state index contributed by atoms with van der Waals surface area (Å²) in [6.45, 7) is 5.45. The molecule has 2 aromatic carbocycles. The Morgan fingerprint density at radius 1 is 0.968 bits per heavy atom. The number of hydrogen-bond donors (Lipinski definition) is 2. The Bertz CT molecular complexity index is 867. The molecule has 0 unspecified atom stereocenters. The molecule has 0 aliphatic carbocycles. The average Bonchev–Trinajstić information content (AvgIpc) is 2.81. The maximum absolute atomic E-state index is 12.0. The summed E-state index contributed by atoms with van der Waals surface area (Å²) in [5, 5.41) is 6.08. The highest BCUT2D eigenvalue weighted by molar-refractivity contribution is 6.35. The molecule has 166 valence electrons. The third-order valence-corrected chi connectivity index (χ3v) is 5.59. The van der Waals surface area contributed by atoms with Crippen LogP contribution in [-0.2, 0) is 16.1 Å². The second-order valence-corrected chi connectivity index (χ2v) is 7.85. The van der Waals surface area contributed by atoms with Gasteiger partial charge in [0.1, 0.15) is 5.75 Å². The van der Waals surface area contributed by atoms with Gasteiger partial charge in [-0.2, -0.15) is 0 Å². The molecule has 8 heteroatoms. The Hall–Kier alpha value is -2.77. The van der Waals surface area contributed by atoms with Gasteiger partial charge in [0.15, 0.2) is 0 Å². The highest BCUT2D eigenvalue weighted by Crippen LogP contribution is 2.19. The van der Waals surface area contributed by atoms with Crippen LogP contribution in [0.25, 0.3) is 0 Å². The number of carbonyl (C=O) groups is 2. The van der Waals surface area contributed by atoms with Gasteiger partial charge >= 0.3 is 11.8 Å². The van der Waals surface area contributed by atoms with Crippen LogP contribution in [0.3, 0.4) is 0 Å². The fraction of sp³-hybridized carbons (Fsp3) is 0.391. The van der Waals surface area contributed by atoms with Gasteiger partial charge in [-0.05, 0) is 43.3 Å². The molecule has 0 saturated carbocycles. The zero-order valence-electron chi connectivity index (χ0n) is 17.8. The van der Waals surface area contributed by atoms with Crippen LogP contribution in [0.5, 0.6) is 5.75 Å². The number of anilines is 1. The van der Waals surface area contributed by atoms with Crippen LogP contribution in [-0.4, -0.2) is 63.1 Å². The van der Waals surface area contributed by atoms with Crippen LogP contribution in [0, 0.1) is 0 Å². The number of amides is 2. The van der Waals surface area contributed by atoms with Gasteiger partial charge in [-0.3, -0.25) is 14.5 Å². The third kappa shape index (κ3) is 6.87. The molecule has 31 heavy (non-hydrogen) atoms. The summed E-state index contributed by atoms with van der Waals surface area (Å²) >= 11 is 5.96. The summed E-state index contributed by atoms with van der Waals surface area (Å²) in [7, 11) is 1.57. The number of hydrogen-bond acceptors (Lipinski definition) is 5. The summed E-state index contributed by atoms with van der Waals surface area (Å²) in [6.07, 6.45) is 0.798. The van der Waals surface area contributed by atoms with Gasteiger partial charge in [-0.15, -0.1) is 0 Å². The topological polar surface area (TPSA) is 73.9 Å². The minimum atomic E-state index is -0.637. The van der Waals surface area contributed by atoms with Crippen LogP contribution in [0.15, 0.2) is 48.5 Å². The lowest BCUT2D eigenvalue weighted by Gasteiger charge is -2.36. The van der Waals surface area contributed by atoms with Crippen LogP contribution in [0.1, 0.15) is 12.0 Å². The molecule has 1 fully saturated rings. The number of ether oxygens (including phenoxy) is 1. The molecule has 0 spiro atoms. The molecule has 2 N–H and O–H groups in total. The van der Waals surface area contributed by atoms with Gasteiger partial charge in [0.25, 0.3) is 0 Å².